The Bertz CT molecular complexity index is 147. The second-order valence-electron chi connectivity index (χ2n) is 3.59. The first kappa shape index (κ1) is 15.2. The van der Waals surface area contributed by atoms with Gasteiger partial charge in [-0.1, -0.05) is 13.2 Å². The summed E-state index contributed by atoms with van der Waals surface area (Å²) in [6.45, 7) is 11.7. The predicted molar refractivity (Wildman–Crippen MR) is 52.9 cm³/mol. The standard InChI is InChI=1S/C10H20NO.ClH/c1-5-7-11(4,8-6-2)9-10(3)12;/h5-6,10,12H,1-2,7-9H2,3-4H3;1H/q+1;/p-1. The van der Waals surface area contributed by atoms with Crippen molar-refractivity contribution < 1.29 is 22.0 Å². The van der Waals surface area contributed by atoms with E-state index in [1.165, 1.54) is 0 Å². The first-order chi connectivity index (χ1) is 5.54. The number of aliphatic hydroxyl groups is 1. The third-order valence-electron chi connectivity index (χ3n) is 1.84. The Labute approximate surface area is 87.6 Å². The van der Waals surface area contributed by atoms with Crippen LogP contribution in [0.5, 0.6) is 0 Å². The summed E-state index contributed by atoms with van der Waals surface area (Å²) in [6, 6.07) is 0. The number of likely N-dealkylation sites (N-methyl/N-ethyl adjacent to an activating group) is 1. The van der Waals surface area contributed by atoms with Gasteiger partial charge in [-0.05, 0) is 19.1 Å². The fraction of sp³-hybridized carbons (Fsp3) is 0.600. The van der Waals surface area contributed by atoms with Crippen molar-refractivity contribution in [2.75, 3.05) is 26.7 Å². The lowest BCUT2D eigenvalue weighted by Gasteiger charge is -2.33. The molecule has 1 atom stereocenters. The molecule has 0 aliphatic rings. The smallest absolute Gasteiger partial charge is 0.105 e. The molecular formula is C10H20ClNO. The summed E-state index contributed by atoms with van der Waals surface area (Å²) in [5.74, 6) is 0. The van der Waals surface area contributed by atoms with Crippen LogP contribution in [0.2, 0.25) is 0 Å². The molecule has 0 saturated carbocycles. The molecule has 1 unspecified atom stereocenters. The summed E-state index contributed by atoms with van der Waals surface area (Å²) in [5, 5.41) is 9.26. The molecule has 1 N–H and O–H groups in total. The number of quaternary nitrogens is 1. The number of nitrogens with zero attached hydrogens (tertiary/aromatic N) is 1. The Morgan fingerprint density at radius 2 is 1.69 bits per heavy atom. The second kappa shape index (κ2) is 7.13. The molecule has 0 rings (SSSR count). The van der Waals surface area contributed by atoms with E-state index in [9.17, 15) is 5.11 Å². The molecule has 0 aromatic carbocycles. The van der Waals surface area contributed by atoms with E-state index >= 15 is 0 Å². The predicted octanol–water partition coefficient (Wildman–Crippen LogP) is -1.81. The quantitative estimate of drug-likeness (QED) is 0.401. The van der Waals surface area contributed by atoms with Crippen molar-refractivity contribution in [3.05, 3.63) is 25.3 Å². The SMILES string of the molecule is C=CC[N+](C)(CC=C)CC(C)O.[Cl-]. The molecule has 0 amide bonds. The summed E-state index contributed by atoms with van der Waals surface area (Å²) in [6.07, 6.45) is 3.49. The van der Waals surface area contributed by atoms with Gasteiger partial charge in [0.1, 0.15) is 12.6 Å². The van der Waals surface area contributed by atoms with Crippen LogP contribution in [0.25, 0.3) is 0 Å². The van der Waals surface area contributed by atoms with Crippen molar-refractivity contribution in [3.63, 3.8) is 0 Å². The van der Waals surface area contributed by atoms with Crippen molar-refractivity contribution in [2.24, 2.45) is 0 Å². The molecule has 0 fully saturated rings. The van der Waals surface area contributed by atoms with Gasteiger partial charge in [0, 0.05) is 0 Å². The summed E-state index contributed by atoms with van der Waals surface area (Å²) in [4.78, 5) is 0. The van der Waals surface area contributed by atoms with Crippen molar-refractivity contribution in [1.29, 1.82) is 0 Å². The number of hydrogen-bond acceptors (Lipinski definition) is 1. The monoisotopic (exact) mass is 205 g/mol. The molecule has 78 valence electrons. The molecule has 0 bridgehead atoms. The van der Waals surface area contributed by atoms with Crippen LogP contribution in [0, 0.1) is 0 Å². The Balaban J connectivity index is 0. The summed E-state index contributed by atoms with van der Waals surface area (Å²) in [7, 11) is 2.09. The van der Waals surface area contributed by atoms with Gasteiger partial charge in [0.2, 0.25) is 0 Å². The molecule has 3 heteroatoms. The Hall–Kier alpha value is -0.310. The average Bonchev–Trinajstić information content (AvgIpc) is 1.85. The van der Waals surface area contributed by atoms with Gasteiger partial charge in [-0.3, -0.25) is 0 Å². The van der Waals surface area contributed by atoms with Gasteiger partial charge in [0.05, 0.1) is 20.1 Å². The fourth-order valence-electron chi connectivity index (χ4n) is 1.48. The van der Waals surface area contributed by atoms with E-state index in [-0.39, 0.29) is 18.5 Å². The zero-order valence-electron chi connectivity index (χ0n) is 8.54. The lowest BCUT2D eigenvalue weighted by molar-refractivity contribution is -0.901. The maximum atomic E-state index is 9.26. The number of aliphatic hydroxyl groups excluding tert-OH is 1. The van der Waals surface area contributed by atoms with Crippen LogP contribution in [-0.2, 0) is 0 Å². The Kier molecular flexibility index (Phi) is 8.32. The van der Waals surface area contributed by atoms with E-state index in [1.54, 1.807) is 0 Å². The maximum absolute atomic E-state index is 9.26. The van der Waals surface area contributed by atoms with Crippen molar-refractivity contribution in [3.8, 4) is 0 Å². The highest BCUT2D eigenvalue weighted by Gasteiger charge is 2.19. The van der Waals surface area contributed by atoms with Crippen LogP contribution >= 0.6 is 0 Å². The zero-order chi connectivity index (χ0) is 9.61. The van der Waals surface area contributed by atoms with Gasteiger partial charge in [-0.15, -0.1) is 0 Å². The van der Waals surface area contributed by atoms with Gasteiger partial charge in [-0.2, -0.15) is 0 Å². The molecular weight excluding hydrogens is 186 g/mol. The Morgan fingerprint density at radius 3 is 1.92 bits per heavy atom. The van der Waals surface area contributed by atoms with Gasteiger partial charge in [-0.25, -0.2) is 0 Å². The van der Waals surface area contributed by atoms with Crippen molar-refractivity contribution in [1.82, 2.24) is 0 Å². The highest BCUT2D eigenvalue weighted by molar-refractivity contribution is 4.71. The topological polar surface area (TPSA) is 20.2 Å². The third kappa shape index (κ3) is 6.82. The molecule has 13 heavy (non-hydrogen) atoms. The van der Waals surface area contributed by atoms with E-state index in [0.717, 1.165) is 24.1 Å². The van der Waals surface area contributed by atoms with E-state index in [0.29, 0.717) is 0 Å². The minimum atomic E-state index is -0.269. The fourth-order valence-corrected chi connectivity index (χ4v) is 1.48. The van der Waals surface area contributed by atoms with Crippen LogP contribution in [0.4, 0.5) is 0 Å². The van der Waals surface area contributed by atoms with Gasteiger partial charge < -0.3 is 22.0 Å². The van der Waals surface area contributed by atoms with Gasteiger partial charge >= 0.3 is 0 Å². The minimum Gasteiger partial charge on any atom is -1.00 e. The zero-order valence-corrected chi connectivity index (χ0v) is 9.30. The van der Waals surface area contributed by atoms with E-state index in [1.807, 2.05) is 19.1 Å². The van der Waals surface area contributed by atoms with E-state index < -0.39 is 0 Å². The largest absolute Gasteiger partial charge is 1.00 e. The molecule has 0 saturated heterocycles. The average molecular weight is 206 g/mol. The summed E-state index contributed by atoms with van der Waals surface area (Å²) < 4.78 is 0.782. The van der Waals surface area contributed by atoms with Crippen LogP contribution in [0.1, 0.15) is 6.92 Å². The molecule has 0 aliphatic carbocycles. The maximum Gasteiger partial charge on any atom is 0.105 e. The van der Waals surface area contributed by atoms with E-state index in [2.05, 4.69) is 20.2 Å². The van der Waals surface area contributed by atoms with Crippen LogP contribution in [-0.4, -0.2) is 42.4 Å². The first-order valence-electron chi connectivity index (χ1n) is 4.27. The first-order valence-corrected chi connectivity index (χ1v) is 4.27. The highest BCUT2D eigenvalue weighted by Crippen LogP contribution is 2.04. The Morgan fingerprint density at radius 1 is 1.31 bits per heavy atom. The second-order valence-corrected chi connectivity index (χ2v) is 3.59. The molecule has 2 nitrogen and oxygen atoms in total. The molecule has 0 aromatic heterocycles. The number of halogens is 1. The normalized spacial score (nSPS) is 12.8. The molecule has 0 aliphatic heterocycles. The highest BCUT2D eigenvalue weighted by atomic mass is 35.5. The lowest BCUT2D eigenvalue weighted by Crippen LogP contribution is -3.00. The van der Waals surface area contributed by atoms with Crippen molar-refractivity contribution in [2.45, 2.75) is 13.0 Å². The molecule has 0 heterocycles. The summed E-state index contributed by atoms with van der Waals surface area (Å²) in [5.41, 5.74) is 0. The number of rotatable bonds is 6. The lowest BCUT2D eigenvalue weighted by atomic mass is 10.3. The van der Waals surface area contributed by atoms with E-state index in [4.69, 9.17) is 0 Å². The van der Waals surface area contributed by atoms with Crippen molar-refractivity contribution >= 4 is 0 Å². The number of hydrogen-bond donors (Lipinski definition) is 1. The van der Waals surface area contributed by atoms with Crippen LogP contribution in [0.3, 0.4) is 0 Å². The summed E-state index contributed by atoms with van der Waals surface area (Å²) >= 11 is 0. The minimum absolute atomic E-state index is 0. The molecule has 0 radical (unpaired) electrons. The van der Waals surface area contributed by atoms with Crippen LogP contribution in [0.15, 0.2) is 25.3 Å². The third-order valence-corrected chi connectivity index (χ3v) is 1.84. The van der Waals surface area contributed by atoms with Gasteiger partial charge in [0.25, 0.3) is 0 Å². The van der Waals surface area contributed by atoms with Gasteiger partial charge in [0.15, 0.2) is 0 Å². The molecule has 0 spiro atoms. The molecule has 0 aromatic rings. The van der Waals surface area contributed by atoms with Crippen LogP contribution < -0.4 is 12.4 Å².